The third kappa shape index (κ3) is 5.56. The topological polar surface area (TPSA) is 110 Å². The minimum atomic E-state index is -4.18. The van der Waals surface area contributed by atoms with Gasteiger partial charge in [-0.3, -0.25) is 19.2 Å². The fourth-order valence-corrected chi connectivity index (χ4v) is 4.76. The van der Waals surface area contributed by atoms with E-state index in [4.69, 9.17) is 0 Å². The molecule has 0 radical (unpaired) electrons. The van der Waals surface area contributed by atoms with Crippen molar-refractivity contribution in [2.45, 2.75) is 31.6 Å². The SMILES string of the molecule is Cc1ccc(S(=O)(=O)N(CC(=O)Nc2ccccc2C(C)C)c2cccc([N+](=O)[O-])c2)cc1. The predicted molar refractivity (Wildman–Crippen MR) is 128 cm³/mol. The Morgan fingerprint density at radius 3 is 2.33 bits per heavy atom. The first-order chi connectivity index (χ1) is 15.6. The van der Waals surface area contributed by atoms with Crippen LogP contribution in [-0.4, -0.2) is 25.8 Å². The molecule has 3 aromatic rings. The average molecular weight is 468 g/mol. The number of carbonyl (C=O) groups is 1. The zero-order valence-electron chi connectivity index (χ0n) is 18.6. The highest BCUT2D eigenvalue weighted by Gasteiger charge is 2.28. The van der Waals surface area contributed by atoms with Gasteiger partial charge in [-0.2, -0.15) is 0 Å². The number of rotatable bonds is 8. The lowest BCUT2D eigenvalue weighted by molar-refractivity contribution is -0.384. The van der Waals surface area contributed by atoms with Gasteiger partial charge in [0.25, 0.3) is 15.7 Å². The second-order valence-electron chi connectivity index (χ2n) is 7.89. The van der Waals surface area contributed by atoms with Crippen LogP contribution in [0.2, 0.25) is 0 Å². The number of nitrogens with one attached hydrogen (secondary N) is 1. The number of nitro benzene ring substituents is 1. The van der Waals surface area contributed by atoms with Gasteiger partial charge in [-0.05, 0) is 42.7 Å². The molecule has 172 valence electrons. The molecular formula is C24H25N3O5S. The van der Waals surface area contributed by atoms with Gasteiger partial charge in [0.05, 0.1) is 15.5 Å². The molecule has 0 aromatic heterocycles. The van der Waals surface area contributed by atoms with E-state index in [1.807, 2.05) is 32.9 Å². The van der Waals surface area contributed by atoms with Gasteiger partial charge in [0.15, 0.2) is 0 Å². The summed E-state index contributed by atoms with van der Waals surface area (Å²) >= 11 is 0. The Labute approximate surface area is 193 Å². The summed E-state index contributed by atoms with van der Waals surface area (Å²) in [4.78, 5) is 23.6. The summed E-state index contributed by atoms with van der Waals surface area (Å²) in [6, 6.07) is 18.7. The van der Waals surface area contributed by atoms with E-state index in [0.717, 1.165) is 21.5 Å². The van der Waals surface area contributed by atoms with Crippen LogP contribution < -0.4 is 9.62 Å². The number of non-ortho nitro benzene ring substituents is 1. The van der Waals surface area contributed by atoms with E-state index >= 15 is 0 Å². The zero-order chi connectivity index (χ0) is 24.2. The molecule has 0 fully saturated rings. The highest BCUT2D eigenvalue weighted by atomic mass is 32.2. The molecule has 0 heterocycles. The summed E-state index contributed by atoms with van der Waals surface area (Å²) in [5, 5.41) is 14.0. The standard InChI is InChI=1S/C24H25N3O5S/c1-17(2)22-9-4-5-10-23(22)25-24(28)16-26(19-7-6-8-20(15-19)27(29)30)33(31,32)21-13-11-18(3)12-14-21/h4-15,17H,16H2,1-3H3,(H,25,28). The van der Waals surface area contributed by atoms with Gasteiger partial charge in [-0.15, -0.1) is 0 Å². The second kappa shape index (κ2) is 9.83. The largest absolute Gasteiger partial charge is 0.324 e. The molecule has 1 N–H and O–H groups in total. The molecule has 0 spiro atoms. The molecule has 0 unspecified atom stereocenters. The van der Waals surface area contributed by atoms with Gasteiger partial charge >= 0.3 is 0 Å². The van der Waals surface area contributed by atoms with Crippen molar-refractivity contribution in [1.82, 2.24) is 0 Å². The number of sulfonamides is 1. The first kappa shape index (κ1) is 23.9. The first-order valence-electron chi connectivity index (χ1n) is 10.3. The number of anilines is 2. The van der Waals surface area contributed by atoms with Crippen LogP contribution in [0.15, 0.2) is 77.7 Å². The lowest BCUT2D eigenvalue weighted by atomic mass is 10.0. The summed E-state index contributed by atoms with van der Waals surface area (Å²) in [6.45, 7) is 5.25. The fraction of sp³-hybridized carbons (Fsp3) is 0.208. The number of para-hydroxylation sites is 1. The highest BCUT2D eigenvalue weighted by Crippen LogP contribution is 2.28. The van der Waals surface area contributed by atoms with E-state index in [0.29, 0.717) is 5.69 Å². The van der Waals surface area contributed by atoms with Gasteiger partial charge in [0, 0.05) is 17.8 Å². The summed E-state index contributed by atoms with van der Waals surface area (Å²) in [5.41, 5.74) is 2.12. The number of aryl methyl sites for hydroxylation is 1. The molecule has 3 rings (SSSR count). The summed E-state index contributed by atoms with van der Waals surface area (Å²) in [6.07, 6.45) is 0. The van der Waals surface area contributed by atoms with E-state index in [9.17, 15) is 23.3 Å². The molecule has 33 heavy (non-hydrogen) atoms. The van der Waals surface area contributed by atoms with Crippen molar-refractivity contribution in [3.05, 3.63) is 94.0 Å². The molecule has 0 aliphatic heterocycles. The van der Waals surface area contributed by atoms with Crippen LogP contribution in [0.3, 0.4) is 0 Å². The van der Waals surface area contributed by atoms with E-state index in [-0.39, 0.29) is 22.2 Å². The number of benzene rings is 3. The van der Waals surface area contributed by atoms with Crippen molar-refractivity contribution in [2.75, 3.05) is 16.2 Å². The van der Waals surface area contributed by atoms with Crippen LogP contribution in [0.1, 0.15) is 30.9 Å². The summed E-state index contributed by atoms with van der Waals surface area (Å²) < 4.78 is 27.8. The number of nitrogens with zero attached hydrogens (tertiary/aromatic N) is 2. The Kier molecular flexibility index (Phi) is 7.13. The molecule has 8 nitrogen and oxygen atoms in total. The molecule has 9 heteroatoms. The molecule has 0 saturated carbocycles. The van der Waals surface area contributed by atoms with Crippen LogP contribution in [0.5, 0.6) is 0 Å². The minimum Gasteiger partial charge on any atom is -0.324 e. The average Bonchev–Trinajstić information content (AvgIpc) is 2.78. The van der Waals surface area contributed by atoms with Gasteiger partial charge < -0.3 is 5.32 Å². The van der Waals surface area contributed by atoms with Crippen molar-refractivity contribution in [1.29, 1.82) is 0 Å². The Morgan fingerprint density at radius 2 is 1.70 bits per heavy atom. The predicted octanol–water partition coefficient (Wildman–Crippen LogP) is 4.86. The fourth-order valence-electron chi connectivity index (χ4n) is 3.35. The van der Waals surface area contributed by atoms with Gasteiger partial charge in [-0.1, -0.05) is 55.8 Å². The van der Waals surface area contributed by atoms with Gasteiger partial charge in [0.1, 0.15) is 6.54 Å². The molecule has 1 amide bonds. The molecule has 0 bridgehead atoms. The molecule has 0 aliphatic carbocycles. The lowest BCUT2D eigenvalue weighted by Crippen LogP contribution is -2.38. The number of amides is 1. The van der Waals surface area contributed by atoms with E-state index in [2.05, 4.69) is 5.32 Å². The highest BCUT2D eigenvalue weighted by molar-refractivity contribution is 7.92. The smallest absolute Gasteiger partial charge is 0.271 e. The maximum atomic E-state index is 13.5. The van der Waals surface area contributed by atoms with Crippen molar-refractivity contribution < 1.29 is 18.1 Å². The Morgan fingerprint density at radius 1 is 1.03 bits per heavy atom. The summed E-state index contributed by atoms with van der Waals surface area (Å²) in [5.74, 6) is -0.420. The molecule has 3 aromatic carbocycles. The minimum absolute atomic E-state index is 0.0185. The van der Waals surface area contributed by atoms with E-state index in [1.165, 1.54) is 30.3 Å². The first-order valence-corrected chi connectivity index (χ1v) is 11.8. The Balaban J connectivity index is 2.01. The number of nitro groups is 1. The number of hydrogen-bond donors (Lipinski definition) is 1. The van der Waals surface area contributed by atoms with Crippen LogP contribution in [0.25, 0.3) is 0 Å². The van der Waals surface area contributed by atoms with Crippen molar-refractivity contribution in [3.63, 3.8) is 0 Å². The Hall–Kier alpha value is -3.72. The van der Waals surface area contributed by atoms with Crippen molar-refractivity contribution >= 4 is 33.0 Å². The third-order valence-corrected chi connectivity index (χ3v) is 6.87. The normalized spacial score (nSPS) is 11.3. The van der Waals surface area contributed by atoms with Crippen molar-refractivity contribution in [2.24, 2.45) is 0 Å². The Bertz CT molecular complexity index is 1270. The lowest BCUT2D eigenvalue weighted by Gasteiger charge is -2.24. The monoisotopic (exact) mass is 467 g/mol. The zero-order valence-corrected chi connectivity index (χ0v) is 19.4. The summed E-state index contributed by atoms with van der Waals surface area (Å²) in [7, 11) is -4.18. The third-order valence-electron chi connectivity index (χ3n) is 5.08. The van der Waals surface area contributed by atoms with E-state index < -0.39 is 27.4 Å². The van der Waals surface area contributed by atoms with Crippen LogP contribution in [-0.2, 0) is 14.8 Å². The van der Waals surface area contributed by atoms with Crippen LogP contribution in [0.4, 0.5) is 17.1 Å². The second-order valence-corrected chi connectivity index (χ2v) is 9.75. The van der Waals surface area contributed by atoms with Crippen LogP contribution in [0, 0.1) is 17.0 Å². The molecular weight excluding hydrogens is 442 g/mol. The quantitative estimate of drug-likeness (QED) is 0.376. The van der Waals surface area contributed by atoms with Crippen LogP contribution >= 0.6 is 0 Å². The van der Waals surface area contributed by atoms with Gasteiger partial charge in [-0.25, -0.2) is 8.42 Å². The maximum absolute atomic E-state index is 13.5. The number of carbonyl (C=O) groups excluding carboxylic acids is 1. The molecule has 0 aliphatic rings. The maximum Gasteiger partial charge on any atom is 0.271 e. The van der Waals surface area contributed by atoms with Gasteiger partial charge in [0.2, 0.25) is 5.91 Å². The molecule has 0 atom stereocenters. The van der Waals surface area contributed by atoms with Crippen molar-refractivity contribution in [3.8, 4) is 0 Å². The van der Waals surface area contributed by atoms with E-state index in [1.54, 1.807) is 24.3 Å². The number of hydrogen-bond acceptors (Lipinski definition) is 5. The molecule has 0 saturated heterocycles.